The molecular formula is C23H30N2O. The highest BCUT2D eigenvalue weighted by Crippen LogP contribution is 2.33. The molecule has 0 atom stereocenters. The fourth-order valence-electron chi connectivity index (χ4n) is 3.28. The summed E-state index contributed by atoms with van der Waals surface area (Å²) in [5.74, 6) is 0.958. The lowest BCUT2D eigenvalue weighted by Gasteiger charge is -2.18. The van der Waals surface area contributed by atoms with Gasteiger partial charge in [-0.1, -0.05) is 45.0 Å². The molecule has 0 spiro atoms. The summed E-state index contributed by atoms with van der Waals surface area (Å²) in [6.45, 7) is 13.4. The Labute approximate surface area is 156 Å². The van der Waals surface area contributed by atoms with E-state index in [-0.39, 0.29) is 0 Å². The first-order valence-electron chi connectivity index (χ1n) is 9.46. The molecule has 1 aromatic heterocycles. The Hall–Kier alpha value is -2.26. The summed E-state index contributed by atoms with van der Waals surface area (Å²) in [6, 6.07) is 12.7. The fraction of sp³-hybridized carbons (Fsp3) is 0.391. The third kappa shape index (κ3) is 4.28. The van der Waals surface area contributed by atoms with Crippen molar-refractivity contribution in [3.8, 4) is 5.75 Å². The average Bonchev–Trinajstić information content (AvgIpc) is 2.97. The van der Waals surface area contributed by atoms with Crippen LogP contribution >= 0.6 is 0 Å². The number of allylic oxidation sites excluding steroid dienone is 1. The standard InChI is InChI=1S/C23H30N2O/c1-5-9-19-21(26-15-8-14-24-16-23(2,3)4)13-12-18-17-10-6-7-11-20(17)25-22(18)19/h5-7,10-13,24-25H,1,8-9,14-16H2,2-4H3. The number of rotatable bonds is 8. The van der Waals surface area contributed by atoms with E-state index < -0.39 is 0 Å². The van der Waals surface area contributed by atoms with E-state index in [4.69, 9.17) is 4.74 Å². The first kappa shape index (κ1) is 18.5. The molecule has 0 aliphatic carbocycles. The summed E-state index contributed by atoms with van der Waals surface area (Å²) in [6.07, 6.45) is 3.73. The number of nitrogens with one attached hydrogen (secondary N) is 2. The molecule has 0 saturated heterocycles. The normalized spacial score (nSPS) is 12.0. The quantitative estimate of drug-likeness (QED) is 0.418. The molecule has 138 valence electrons. The number of aromatic amines is 1. The summed E-state index contributed by atoms with van der Waals surface area (Å²) in [7, 11) is 0. The second kappa shape index (κ2) is 7.96. The van der Waals surface area contributed by atoms with Crippen LogP contribution in [0.4, 0.5) is 0 Å². The first-order valence-corrected chi connectivity index (χ1v) is 9.46. The highest BCUT2D eigenvalue weighted by molar-refractivity contribution is 6.08. The molecule has 0 saturated carbocycles. The molecule has 0 amide bonds. The average molecular weight is 351 g/mol. The molecule has 26 heavy (non-hydrogen) atoms. The number of para-hydroxylation sites is 1. The van der Waals surface area contributed by atoms with Gasteiger partial charge in [0, 0.05) is 21.9 Å². The highest BCUT2D eigenvalue weighted by Gasteiger charge is 2.12. The zero-order valence-corrected chi connectivity index (χ0v) is 16.2. The van der Waals surface area contributed by atoms with Crippen LogP contribution < -0.4 is 10.1 Å². The van der Waals surface area contributed by atoms with Crippen LogP contribution in [-0.2, 0) is 6.42 Å². The Morgan fingerprint density at radius 1 is 1.12 bits per heavy atom. The van der Waals surface area contributed by atoms with E-state index in [2.05, 4.69) is 74.0 Å². The van der Waals surface area contributed by atoms with Gasteiger partial charge in [-0.2, -0.15) is 0 Å². The largest absolute Gasteiger partial charge is 0.493 e. The van der Waals surface area contributed by atoms with Crippen molar-refractivity contribution < 1.29 is 4.74 Å². The van der Waals surface area contributed by atoms with E-state index in [0.29, 0.717) is 12.0 Å². The molecule has 3 aromatic rings. The Kier molecular flexibility index (Phi) is 5.67. The molecule has 3 rings (SSSR count). The third-order valence-corrected chi connectivity index (χ3v) is 4.51. The van der Waals surface area contributed by atoms with Gasteiger partial charge in [0.05, 0.1) is 12.1 Å². The van der Waals surface area contributed by atoms with Crippen LogP contribution in [0.15, 0.2) is 49.1 Å². The van der Waals surface area contributed by atoms with Gasteiger partial charge in [0.15, 0.2) is 0 Å². The van der Waals surface area contributed by atoms with Crippen molar-refractivity contribution in [3.05, 3.63) is 54.6 Å². The fourth-order valence-corrected chi connectivity index (χ4v) is 3.28. The maximum atomic E-state index is 6.12. The Bertz CT molecular complexity index is 886. The van der Waals surface area contributed by atoms with Gasteiger partial charge in [-0.05, 0) is 49.5 Å². The smallest absolute Gasteiger partial charge is 0.124 e. The summed E-state index contributed by atoms with van der Waals surface area (Å²) in [5, 5.41) is 6.00. The van der Waals surface area contributed by atoms with Crippen LogP contribution in [0.5, 0.6) is 5.75 Å². The van der Waals surface area contributed by atoms with Crippen LogP contribution in [0.2, 0.25) is 0 Å². The molecule has 0 fully saturated rings. The molecule has 0 aliphatic heterocycles. The molecule has 0 bridgehead atoms. The van der Waals surface area contributed by atoms with Gasteiger partial charge < -0.3 is 15.0 Å². The lowest BCUT2D eigenvalue weighted by Crippen LogP contribution is -2.28. The topological polar surface area (TPSA) is 37.0 Å². The zero-order chi connectivity index (χ0) is 18.6. The van der Waals surface area contributed by atoms with E-state index in [1.807, 2.05) is 6.08 Å². The Morgan fingerprint density at radius 2 is 1.92 bits per heavy atom. The number of benzene rings is 2. The van der Waals surface area contributed by atoms with Crippen molar-refractivity contribution in [3.63, 3.8) is 0 Å². The molecule has 2 aromatic carbocycles. The second-order valence-electron chi connectivity index (χ2n) is 8.07. The number of hydrogen-bond donors (Lipinski definition) is 2. The van der Waals surface area contributed by atoms with Crippen molar-refractivity contribution in [2.45, 2.75) is 33.6 Å². The minimum atomic E-state index is 0.318. The predicted octanol–water partition coefficient (Wildman–Crippen LogP) is 5.45. The molecule has 1 heterocycles. The summed E-state index contributed by atoms with van der Waals surface area (Å²) < 4.78 is 6.12. The van der Waals surface area contributed by atoms with E-state index in [9.17, 15) is 0 Å². The summed E-state index contributed by atoms with van der Waals surface area (Å²) in [4.78, 5) is 3.56. The van der Waals surface area contributed by atoms with Crippen molar-refractivity contribution in [2.75, 3.05) is 19.7 Å². The summed E-state index contributed by atoms with van der Waals surface area (Å²) >= 11 is 0. The van der Waals surface area contributed by atoms with E-state index >= 15 is 0 Å². The minimum absolute atomic E-state index is 0.318. The van der Waals surface area contributed by atoms with Crippen molar-refractivity contribution >= 4 is 21.8 Å². The number of H-pyrrole nitrogens is 1. The monoisotopic (exact) mass is 350 g/mol. The number of aromatic nitrogens is 1. The molecule has 0 unspecified atom stereocenters. The van der Waals surface area contributed by atoms with Gasteiger partial charge in [0.2, 0.25) is 0 Å². The Morgan fingerprint density at radius 3 is 2.69 bits per heavy atom. The van der Waals surface area contributed by atoms with Gasteiger partial charge in [-0.25, -0.2) is 0 Å². The zero-order valence-electron chi connectivity index (χ0n) is 16.2. The molecule has 0 aliphatic rings. The van der Waals surface area contributed by atoms with Crippen LogP contribution in [-0.4, -0.2) is 24.7 Å². The SMILES string of the molecule is C=CCc1c(OCCCNCC(C)(C)C)ccc2c1[nH]c1ccccc12. The molecule has 2 N–H and O–H groups in total. The van der Waals surface area contributed by atoms with Crippen LogP contribution in [0.25, 0.3) is 21.8 Å². The maximum Gasteiger partial charge on any atom is 0.124 e. The minimum Gasteiger partial charge on any atom is -0.493 e. The van der Waals surface area contributed by atoms with Crippen molar-refractivity contribution in [1.29, 1.82) is 0 Å². The van der Waals surface area contributed by atoms with E-state index in [1.165, 1.54) is 16.3 Å². The molecule has 0 radical (unpaired) electrons. The number of hydrogen-bond acceptors (Lipinski definition) is 2. The van der Waals surface area contributed by atoms with E-state index in [0.717, 1.165) is 42.7 Å². The maximum absolute atomic E-state index is 6.12. The molecular weight excluding hydrogens is 320 g/mol. The lowest BCUT2D eigenvalue weighted by molar-refractivity contribution is 0.299. The van der Waals surface area contributed by atoms with Crippen molar-refractivity contribution in [2.24, 2.45) is 5.41 Å². The molecule has 3 nitrogen and oxygen atoms in total. The number of fused-ring (bicyclic) bond motifs is 3. The second-order valence-corrected chi connectivity index (χ2v) is 8.07. The van der Waals surface area contributed by atoms with Crippen LogP contribution in [0.3, 0.4) is 0 Å². The molecule has 3 heteroatoms. The predicted molar refractivity (Wildman–Crippen MR) is 112 cm³/mol. The van der Waals surface area contributed by atoms with Crippen molar-refractivity contribution in [1.82, 2.24) is 10.3 Å². The van der Waals surface area contributed by atoms with Crippen LogP contribution in [0.1, 0.15) is 32.8 Å². The third-order valence-electron chi connectivity index (χ3n) is 4.51. The van der Waals surface area contributed by atoms with Gasteiger partial charge in [-0.3, -0.25) is 0 Å². The van der Waals surface area contributed by atoms with E-state index in [1.54, 1.807) is 0 Å². The van der Waals surface area contributed by atoms with Gasteiger partial charge >= 0.3 is 0 Å². The highest BCUT2D eigenvalue weighted by atomic mass is 16.5. The number of ether oxygens (including phenoxy) is 1. The van der Waals surface area contributed by atoms with Crippen LogP contribution in [0, 0.1) is 5.41 Å². The first-order chi connectivity index (χ1) is 12.5. The summed E-state index contributed by atoms with van der Waals surface area (Å²) in [5.41, 5.74) is 3.83. The van der Waals surface area contributed by atoms with Gasteiger partial charge in [0.25, 0.3) is 0 Å². The Balaban J connectivity index is 1.72. The van der Waals surface area contributed by atoms with Gasteiger partial charge in [-0.15, -0.1) is 6.58 Å². The van der Waals surface area contributed by atoms with Gasteiger partial charge in [0.1, 0.15) is 5.75 Å². The lowest BCUT2D eigenvalue weighted by atomic mass is 9.97.